The third kappa shape index (κ3) is 2.85. The molecule has 2 rings (SSSR count). The van der Waals surface area contributed by atoms with E-state index in [0.717, 1.165) is 5.56 Å². The Morgan fingerprint density at radius 3 is 2.94 bits per heavy atom. The maximum absolute atomic E-state index is 11.6. The summed E-state index contributed by atoms with van der Waals surface area (Å²) in [6.07, 6.45) is 4.33. The molecule has 0 saturated carbocycles. The number of amides is 1. The number of nitrogens with one attached hydrogen (secondary N) is 2. The third-order valence-electron chi connectivity index (χ3n) is 2.62. The Labute approximate surface area is 94.2 Å². The number of sulfone groups is 1. The predicted molar refractivity (Wildman–Crippen MR) is 59.7 cm³/mol. The molecule has 1 unspecified atom stereocenters. The minimum atomic E-state index is -2.92. The molecule has 2 N–H and O–H groups in total. The first-order chi connectivity index (χ1) is 7.55. The van der Waals surface area contributed by atoms with Crippen LogP contribution in [0, 0.1) is 0 Å². The van der Waals surface area contributed by atoms with Crippen molar-refractivity contribution in [2.45, 2.75) is 18.9 Å². The first-order valence-corrected chi connectivity index (χ1v) is 6.99. The van der Waals surface area contributed by atoms with Gasteiger partial charge in [0, 0.05) is 18.4 Å². The van der Waals surface area contributed by atoms with Gasteiger partial charge in [0.1, 0.15) is 0 Å². The lowest BCUT2D eigenvalue weighted by Gasteiger charge is -2.09. The van der Waals surface area contributed by atoms with Gasteiger partial charge in [-0.05, 0) is 18.1 Å². The first kappa shape index (κ1) is 11.2. The van der Waals surface area contributed by atoms with Crippen LogP contribution in [-0.4, -0.2) is 36.9 Å². The quantitative estimate of drug-likeness (QED) is 0.774. The number of H-pyrrole nitrogens is 1. The monoisotopic (exact) mass is 242 g/mol. The number of aromatic amines is 1. The maximum atomic E-state index is 11.6. The normalized spacial score (nSPS) is 23.1. The van der Waals surface area contributed by atoms with Crippen molar-refractivity contribution in [3.05, 3.63) is 24.0 Å². The van der Waals surface area contributed by atoms with Crippen LogP contribution in [0.3, 0.4) is 0 Å². The van der Waals surface area contributed by atoms with Crippen LogP contribution in [0.25, 0.3) is 0 Å². The fourth-order valence-corrected chi connectivity index (χ4v) is 3.51. The van der Waals surface area contributed by atoms with E-state index in [9.17, 15) is 13.2 Å². The summed E-state index contributed by atoms with van der Waals surface area (Å²) in [5.41, 5.74) is 0.901. The zero-order valence-corrected chi connectivity index (χ0v) is 9.59. The summed E-state index contributed by atoms with van der Waals surface area (Å²) in [6, 6.07) is 1.61. The van der Waals surface area contributed by atoms with E-state index in [0.29, 0.717) is 12.8 Å². The van der Waals surface area contributed by atoms with Gasteiger partial charge < -0.3 is 10.3 Å². The summed E-state index contributed by atoms with van der Waals surface area (Å²) in [4.78, 5) is 14.4. The highest BCUT2D eigenvalue weighted by Crippen LogP contribution is 2.11. The smallest absolute Gasteiger partial charge is 0.224 e. The van der Waals surface area contributed by atoms with Crippen molar-refractivity contribution in [2.24, 2.45) is 0 Å². The third-order valence-corrected chi connectivity index (χ3v) is 4.39. The van der Waals surface area contributed by atoms with Crippen molar-refractivity contribution in [1.29, 1.82) is 0 Å². The second-order valence-corrected chi connectivity index (χ2v) is 6.29. The fraction of sp³-hybridized carbons (Fsp3) is 0.500. The van der Waals surface area contributed by atoms with Crippen molar-refractivity contribution in [2.75, 3.05) is 11.5 Å². The first-order valence-electron chi connectivity index (χ1n) is 5.17. The van der Waals surface area contributed by atoms with E-state index >= 15 is 0 Å². The van der Waals surface area contributed by atoms with E-state index in [1.54, 1.807) is 12.4 Å². The van der Waals surface area contributed by atoms with Crippen LogP contribution in [0.5, 0.6) is 0 Å². The lowest BCUT2D eigenvalue weighted by Crippen LogP contribution is -2.36. The molecule has 1 atom stereocenters. The SMILES string of the molecule is O=C(Cc1cc[nH]c1)NC1CCS(=O)(=O)C1. The molecule has 0 radical (unpaired) electrons. The van der Waals surface area contributed by atoms with E-state index in [-0.39, 0.29) is 23.5 Å². The maximum Gasteiger partial charge on any atom is 0.224 e. The molecule has 1 fully saturated rings. The molecule has 1 amide bonds. The molecule has 1 aliphatic heterocycles. The molecule has 5 nitrogen and oxygen atoms in total. The van der Waals surface area contributed by atoms with Gasteiger partial charge in [-0.1, -0.05) is 0 Å². The van der Waals surface area contributed by atoms with Gasteiger partial charge in [0.25, 0.3) is 0 Å². The molecule has 0 aliphatic carbocycles. The summed E-state index contributed by atoms with van der Waals surface area (Å²) in [5, 5.41) is 2.74. The van der Waals surface area contributed by atoms with Gasteiger partial charge >= 0.3 is 0 Å². The molecule has 1 aliphatic rings. The van der Waals surface area contributed by atoms with Crippen molar-refractivity contribution >= 4 is 15.7 Å². The molecular weight excluding hydrogens is 228 g/mol. The van der Waals surface area contributed by atoms with Crippen molar-refractivity contribution < 1.29 is 13.2 Å². The van der Waals surface area contributed by atoms with Gasteiger partial charge in [0.2, 0.25) is 5.91 Å². The van der Waals surface area contributed by atoms with Gasteiger partial charge in [0.15, 0.2) is 9.84 Å². The van der Waals surface area contributed by atoms with Crippen LogP contribution in [0.4, 0.5) is 0 Å². The Balaban J connectivity index is 1.85. The van der Waals surface area contributed by atoms with Crippen LogP contribution >= 0.6 is 0 Å². The van der Waals surface area contributed by atoms with Crippen LogP contribution in [0.2, 0.25) is 0 Å². The number of carbonyl (C=O) groups excluding carboxylic acids is 1. The Morgan fingerprint density at radius 2 is 2.38 bits per heavy atom. The molecule has 1 saturated heterocycles. The molecule has 6 heteroatoms. The van der Waals surface area contributed by atoms with E-state index in [1.807, 2.05) is 6.07 Å². The Hall–Kier alpha value is -1.30. The molecule has 1 aromatic rings. The number of carbonyl (C=O) groups is 1. The number of rotatable bonds is 3. The summed E-state index contributed by atoms with van der Waals surface area (Å²) in [7, 11) is -2.92. The highest BCUT2D eigenvalue weighted by atomic mass is 32.2. The van der Waals surface area contributed by atoms with Crippen LogP contribution in [0.15, 0.2) is 18.5 Å². The molecule has 88 valence electrons. The molecule has 0 aromatic carbocycles. The standard InChI is InChI=1S/C10H14N2O3S/c13-10(5-8-1-3-11-6-8)12-9-2-4-16(14,15)7-9/h1,3,6,9,11H,2,4-5,7H2,(H,12,13). The molecule has 2 heterocycles. The summed E-state index contributed by atoms with van der Waals surface area (Å²) >= 11 is 0. The van der Waals surface area contributed by atoms with E-state index in [1.165, 1.54) is 0 Å². The average Bonchev–Trinajstić information content (AvgIpc) is 2.76. The zero-order valence-electron chi connectivity index (χ0n) is 8.77. The van der Waals surface area contributed by atoms with Gasteiger partial charge in [-0.25, -0.2) is 8.42 Å². The lowest BCUT2D eigenvalue weighted by atomic mass is 10.2. The molecule has 0 spiro atoms. The molecule has 0 bridgehead atoms. The number of hydrogen-bond donors (Lipinski definition) is 2. The van der Waals surface area contributed by atoms with Gasteiger partial charge in [-0.15, -0.1) is 0 Å². The zero-order chi connectivity index (χ0) is 11.6. The summed E-state index contributed by atoms with van der Waals surface area (Å²) in [5.74, 6) is 0.134. The highest BCUT2D eigenvalue weighted by molar-refractivity contribution is 7.91. The number of aromatic nitrogens is 1. The fourth-order valence-electron chi connectivity index (χ4n) is 1.84. The summed E-state index contributed by atoms with van der Waals surface area (Å²) < 4.78 is 22.4. The minimum Gasteiger partial charge on any atom is -0.367 e. The summed E-state index contributed by atoms with van der Waals surface area (Å²) in [6.45, 7) is 0. The molecular formula is C10H14N2O3S. The van der Waals surface area contributed by atoms with Crippen LogP contribution in [0.1, 0.15) is 12.0 Å². The van der Waals surface area contributed by atoms with Crippen molar-refractivity contribution in [3.63, 3.8) is 0 Å². The Kier molecular flexibility index (Phi) is 3.00. The highest BCUT2D eigenvalue weighted by Gasteiger charge is 2.28. The van der Waals surface area contributed by atoms with E-state index in [4.69, 9.17) is 0 Å². The second kappa shape index (κ2) is 4.29. The Morgan fingerprint density at radius 1 is 1.56 bits per heavy atom. The Bertz CT molecular complexity index is 464. The van der Waals surface area contributed by atoms with E-state index in [2.05, 4.69) is 10.3 Å². The predicted octanol–water partition coefficient (Wildman–Crippen LogP) is -0.139. The van der Waals surface area contributed by atoms with Gasteiger partial charge in [-0.2, -0.15) is 0 Å². The molecule has 16 heavy (non-hydrogen) atoms. The minimum absolute atomic E-state index is 0.0753. The largest absolute Gasteiger partial charge is 0.367 e. The lowest BCUT2D eigenvalue weighted by molar-refractivity contribution is -0.120. The van der Waals surface area contributed by atoms with Crippen molar-refractivity contribution in [1.82, 2.24) is 10.3 Å². The van der Waals surface area contributed by atoms with Crippen LogP contribution in [-0.2, 0) is 21.1 Å². The van der Waals surface area contributed by atoms with Gasteiger partial charge in [-0.3, -0.25) is 4.79 Å². The van der Waals surface area contributed by atoms with Crippen molar-refractivity contribution in [3.8, 4) is 0 Å². The van der Waals surface area contributed by atoms with Crippen LogP contribution < -0.4 is 5.32 Å². The average molecular weight is 242 g/mol. The molecule has 1 aromatic heterocycles. The number of hydrogen-bond acceptors (Lipinski definition) is 3. The topological polar surface area (TPSA) is 79.0 Å². The van der Waals surface area contributed by atoms with E-state index < -0.39 is 9.84 Å². The second-order valence-electron chi connectivity index (χ2n) is 4.06. The van der Waals surface area contributed by atoms with Gasteiger partial charge in [0.05, 0.1) is 17.9 Å².